The number of ether oxygens (including phenoxy) is 1. The highest BCUT2D eigenvalue weighted by molar-refractivity contribution is 5.40. The van der Waals surface area contributed by atoms with Gasteiger partial charge in [-0.3, -0.25) is 0 Å². The van der Waals surface area contributed by atoms with Crippen LogP contribution in [0.5, 0.6) is 0 Å². The third-order valence-corrected chi connectivity index (χ3v) is 3.12. The average Bonchev–Trinajstić information content (AvgIpc) is 2.81. The number of aryl methyl sites for hydroxylation is 2. The molecule has 0 radical (unpaired) electrons. The maximum absolute atomic E-state index is 5.50. The Morgan fingerprint density at radius 1 is 1.29 bits per heavy atom. The molecule has 0 amide bonds. The first-order valence-electron chi connectivity index (χ1n) is 6.70. The number of nitrogens with zero attached hydrogens (tertiary/aromatic N) is 1. The molecule has 0 unspecified atom stereocenters. The quantitative estimate of drug-likeness (QED) is 0.737. The van der Waals surface area contributed by atoms with Crippen LogP contribution in [0.4, 0.5) is 5.82 Å². The van der Waals surface area contributed by atoms with E-state index in [2.05, 4.69) is 29.4 Å². The molecule has 1 aliphatic rings. The minimum absolute atomic E-state index is 0.763. The molecule has 0 aliphatic heterocycles. The molecule has 0 atom stereocenters. The summed E-state index contributed by atoms with van der Waals surface area (Å²) in [4.78, 5) is 4.62. The first-order valence-corrected chi connectivity index (χ1v) is 6.70. The van der Waals surface area contributed by atoms with Gasteiger partial charge in [0.05, 0.1) is 6.61 Å². The molecule has 0 fully saturated rings. The number of hydrogen-bond acceptors (Lipinski definition) is 3. The lowest BCUT2D eigenvalue weighted by Gasteiger charge is -2.08. The van der Waals surface area contributed by atoms with Crippen LogP contribution in [0.3, 0.4) is 0 Å². The number of pyridine rings is 1. The summed E-state index contributed by atoms with van der Waals surface area (Å²) >= 11 is 0. The minimum Gasteiger partial charge on any atom is -0.380 e. The van der Waals surface area contributed by atoms with Crippen LogP contribution in [0, 0.1) is 0 Å². The van der Waals surface area contributed by atoms with Crippen molar-refractivity contribution in [3.8, 4) is 0 Å². The van der Waals surface area contributed by atoms with Gasteiger partial charge in [0.2, 0.25) is 0 Å². The average molecular weight is 234 g/mol. The van der Waals surface area contributed by atoms with E-state index in [1.54, 1.807) is 0 Å². The van der Waals surface area contributed by atoms with Gasteiger partial charge in [0.1, 0.15) is 5.82 Å². The Morgan fingerprint density at radius 2 is 2.24 bits per heavy atom. The van der Waals surface area contributed by atoms with Crippen molar-refractivity contribution in [1.29, 1.82) is 0 Å². The number of unbranched alkanes of at least 4 members (excludes halogenated alkanes) is 1. The zero-order chi connectivity index (χ0) is 11.9. The molecule has 94 valence electrons. The minimum atomic E-state index is 0.763. The van der Waals surface area contributed by atoms with E-state index in [1.165, 1.54) is 30.5 Å². The van der Waals surface area contributed by atoms with Crippen LogP contribution in [0.2, 0.25) is 0 Å². The number of fused-ring (bicyclic) bond motifs is 1. The predicted octanol–water partition coefficient (Wildman–Crippen LogP) is 2.80. The molecule has 0 aromatic carbocycles. The van der Waals surface area contributed by atoms with Crippen molar-refractivity contribution < 1.29 is 4.74 Å². The fourth-order valence-corrected chi connectivity index (χ4v) is 2.12. The fraction of sp³-hybridized carbons (Fsp3) is 0.643. The standard InChI is InChI=1S/C14H22N2O/c1-2-3-10-17-11-9-15-14-8-7-12-5-4-6-13(12)16-14/h7-8H,2-6,9-11H2,1H3,(H,15,16). The Balaban J connectivity index is 1.69. The third-order valence-electron chi connectivity index (χ3n) is 3.12. The Morgan fingerprint density at radius 3 is 3.12 bits per heavy atom. The lowest BCUT2D eigenvalue weighted by molar-refractivity contribution is 0.141. The summed E-state index contributed by atoms with van der Waals surface area (Å²) in [5.74, 6) is 0.991. The predicted molar refractivity (Wildman–Crippen MR) is 70.5 cm³/mol. The Hall–Kier alpha value is -1.09. The molecule has 0 saturated carbocycles. The van der Waals surface area contributed by atoms with Gasteiger partial charge < -0.3 is 10.1 Å². The monoisotopic (exact) mass is 234 g/mol. The fourth-order valence-electron chi connectivity index (χ4n) is 2.12. The van der Waals surface area contributed by atoms with Crippen LogP contribution in [0.15, 0.2) is 12.1 Å². The second kappa shape index (κ2) is 6.60. The highest BCUT2D eigenvalue weighted by atomic mass is 16.5. The van der Waals surface area contributed by atoms with Gasteiger partial charge in [-0.25, -0.2) is 4.98 Å². The van der Waals surface area contributed by atoms with E-state index in [4.69, 9.17) is 4.74 Å². The molecule has 1 aliphatic carbocycles. The molecule has 2 rings (SSSR count). The zero-order valence-corrected chi connectivity index (χ0v) is 10.7. The molecule has 1 N–H and O–H groups in total. The molecule has 1 aromatic heterocycles. The zero-order valence-electron chi connectivity index (χ0n) is 10.7. The number of anilines is 1. The summed E-state index contributed by atoms with van der Waals surface area (Å²) in [7, 11) is 0. The molecular formula is C14H22N2O. The molecule has 0 saturated heterocycles. The van der Waals surface area contributed by atoms with E-state index in [-0.39, 0.29) is 0 Å². The normalized spacial score (nSPS) is 13.7. The largest absolute Gasteiger partial charge is 0.380 e. The lowest BCUT2D eigenvalue weighted by atomic mass is 10.2. The van der Waals surface area contributed by atoms with Crippen LogP contribution in [-0.4, -0.2) is 24.7 Å². The summed E-state index contributed by atoms with van der Waals surface area (Å²) in [5, 5.41) is 3.32. The molecule has 3 nitrogen and oxygen atoms in total. The van der Waals surface area contributed by atoms with Crippen molar-refractivity contribution in [3.05, 3.63) is 23.4 Å². The van der Waals surface area contributed by atoms with Gasteiger partial charge >= 0.3 is 0 Å². The molecular weight excluding hydrogens is 212 g/mol. The first-order chi connectivity index (χ1) is 8.40. The van der Waals surface area contributed by atoms with E-state index in [9.17, 15) is 0 Å². The van der Waals surface area contributed by atoms with E-state index < -0.39 is 0 Å². The molecule has 0 spiro atoms. The second-order valence-corrected chi connectivity index (χ2v) is 4.55. The van der Waals surface area contributed by atoms with Crippen molar-refractivity contribution in [3.63, 3.8) is 0 Å². The van der Waals surface area contributed by atoms with Crippen LogP contribution in [0.25, 0.3) is 0 Å². The maximum Gasteiger partial charge on any atom is 0.126 e. The van der Waals surface area contributed by atoms with Crippen molar-refractivity contribution in [2.24, 2.45) is 0 Å². The van der Waals surface area contributed by atoms with Crippen molar-refractivity contribution >= 4 is 5.82 Å². The SMILES string of the molecule is CCCCOCCNc1ccc2c(n1)CCC2. The van der Waals surface area contributed by atoms with Gasteiger partial charge in [-0.2, -0.15) is 0 Å². The van der Waals surface area contributed by atoms with Gasteiger partial charge in [0.25, 0.3) is 0 Å². The van der Waals surface area contributed by atoms with Crippen molar-refractivity contribution in [1.82, 2.24) is 4.98 Å². The van der Waals surface area contributed by atoms with Crippen LogP contribution >= 0.6 is 0 Å². The smallest absolute Gasteiger partial charge is 0.126 e. The summed E-state index contributed by atoms with van der Waals surface area (Å²) in [6.45, 7) is 4.65. The second-order valence-electron chi connectivity index (χ2n) is 4.55. The van der Waals surface area contributed by atoms with Gasteiger partial charge in [-0.05, 0) is 37.3 Å². The molecule has 1 aromatic rings. The Labute approximate surface area is 104 Å². The van der Waals surface area contributed by atoms with Crippen LogP contribution in [-0.2, 0) is 17.6 Å². The van der Waals surface area contributed by atoms with Gasteiger partial charge in [-0.15, -0.1) is 0 Å². The van der Waals surface area contributed by atoms with Gasteiger partial charge in [-0.1, -0.05) is 19.4 Å². The van der Waals surface area contributed by atoms with Crippen molar-refractivity contribution in [2.45, 2.75) is 39.0 Å². The summed E-state index contributed by atoms with van der Waals surface area (Å²) < 4.78 is 5.50. The number of aromatic nitrogens is 1. The van der Waals surface area contributed by atoms with Gasteiger partial charge in [0.15, 0.2) is 0 Å². The lowest BCUT2D eigenvalue weighted by Crippen LogP contribution is -2.11. The Kier molecular flexibility index (Phi) is 4.80. The number of nitrogens with one attached hydrogen (secondary N) is 1. The topological polar surface area (TPSA) is 34.1 Å². The summed E-state index contributed by atoms with van der Waals surface area (Å²) in [6, 6.07) is 4.28. The highest BCUT2D eigenvalue weighted by Gasteiger charge is 2.11. The van der Waals surface area contributed by atoms with E-state index >= 15 is 0 Å². The highest BCUT2D eigenvalue weighted by Crippen LogP contribution is 2.21. The molecule has 17 heavy (non-hydrogen) atoms. The number of hydrogen-bond donors (Lipinski definition) is 1. The summed E-state index contributed by atoms with van der Waals surface area (Å²) in [5.41, 5.74) is 2.71. The number of rotatable bonds is 7. The van der Waals surface area contributed by atoms with Crippen LogP contribution in [0.1, 0.15) is 37.4 Å². The van der Waals surface area contributed by atoms with Crippen molar-refractivity contribution in [2.75, 3.05) is 25.1 Å². The van der Waals surface area contributed by atoms with E-state index in [0.717, 1.165) is 38.4 Å². The van der Waals surface area contributed by atoms with E-state index in [0.29, 0.717) is 0 Å². The van der Waals surface area contributed by atoms with Gasteiger partial charge in [0, 0.05) is 18.8 Å². The third kappa shape index (κ3) is 3.70. The molecule has 1 heterocycles. The maximum atomic E-state index is 5.50. The Bertz CT molecular complexity index is 352. The molecule has 3 heteroatoms. The van der Waals surface area contributed by atoms with E-state index in [1.807, 2.05) is 0 Å². The van der Waals surface area contributed by atoms with Crippen LogP contribution < -0.4 is 5.32 Å². The first kappa shape index (κ1) is 12.4. The summed E-state index contributed by atoms with van der Waals surface area (Å²) in [6.07, 6.45) is 5.93. The molecule has 0 bridgehead atoms.